The highest BCUT2D eigenvalue weighted by Gasteiger charge is 2.07. The molecule has 4 nitrogen and oxygen atoms in total. The average Bonchev–Trinajstić information content (AvgIpc) is 2.50. The number of carbonyl (C=O) groups is 1. The van der Waals surface area contributed by atoms with Gasteiger partial charge in [-0.15, -0.1) is 0 Å². The van der Waals surface area contributed by atoms with E-state index in [1.165, 1.54) is 0 Å². The lowest BCUT2D eigenvalue weighted by Gasteiger charge is -2.08. The van der Waals surface area contributed by atoms with Crippen molar-refractivity contribution in [3.8, 4) is 0 Å². The summed E-state index contributed by atoms with van der Waals surface area (Å²) in [7, 11) is 0. The lowest BCUT2D eigenvalue weighted by atomic mass is 10.1. The van der Waals surface area contributed by atoms with Gasteiger partial charge in [0.15, 0.2) is 0 Å². The summed E-state index contributed by atoms with van der Waals surface area (Å²) in [5, 5.41) is 6.76. The average molecular weight is 318 g/mol. The maximum absolute atomic E-state index is 11.9. The van der Waals surface area contributed by atoms with Crippen LogP contribution in [0.25, 0.3) is 0 Å². The van der Waals surface area contributed by atoms with Crippen molar-refractivity contribution in [2.24, 2.45) is 5.92 Å². The maximum atomic E-state index is 11.9. The van der Waals surface area contributed by atoms with Gasteiger partial charge in [-0.1, -0.05) is 25.4 Å². The Hall–Kier alpha value is -2.07. The van der Waals surface area contributed by atoms with Gasteiger partial charge in [-0.05, 0) is 48.7 Å². The summed E-state index contributed by atoms with van der Waals surface area (Å²) in [6.45, 7) is 4.92. The lowest BCUT2D eigenvalue weighted by molar-refractivity contribution is 0.0947. The number of aromatic nitrogens is 1. The minimum absolute atomic E-state index is 0.140. The molecule has 1 aromatic heterocycles. The van der Waals surface area contributed by atoms with Gasteiger partial charge in [0.2, 0.25) is 0 Å². The smallest absolute Gasteiger partial charge is 0.269 e. The van der Waals surface area contributed by atoms with E-state index in [2.05, 4.69) is 29.5 Å². The normalized spacial score (nSPS) is 10.5. The van der Waals surface area contributed by atoms with Crippen LogP contribution in [0.15, 0.2) is 42.6 Å². The summed E-state index contributed by atoms with van der Waals surface area (Å²) in [5.41, 5.74) is 2.16. The molecule has 0 saturated carbocycles. The fraction of sp³-hybridized carbons (Fsp3) is 0.294. The largest absolute Gasteiger partial charge is 0.354 e. The van der Waals surface area contributed by atoms with Crippen LogP contribution in [0.4, 0.5) is 11.4 Å². The lowest BCUT2D eigenvalue weighted by Crippen LogP contribution is -2.26. The van der Waals surface area contributed by atoms with Crippen molar-refractivity contribution >= 4 is 28.9 Å². The summed E-state index contributed by atoms with van der Waals surface area (Å²) >= 11 is 5.85. The van der Waals surface area contributed by atoms with Gasteiger partial charge in [-0.25, -0.2) is 4.98 Å². The second-order valence-electron chi connectivity index (χ2n) is 5.50. The Labute approximate surface area is 135 Å². The summed E-state index contributed by atoms with van der Waals surface area (Å²) in [6, 6.07) is 10.9. The Morgan fingerprint density at radius 1 is 1.14 bits per heavy atom. The number of nitrogens with zero attached hydrogens (tertiary/aromatic N) is 1. The third-order valence-electron chi connectivity index (χ3n) is 3.14. The van der Waals surface area contributed by atoms with Crippen molar-refractivity contribution in [2.75, 3.05) is 11.9 Å². The predicted molar refractivity (Wildman–Crippen MR) is 90.8 cm³/mol. The van der Waals surface area contributed by atoms with E-state index in [-0.39, 0.29) is 5.91 Å². The van der Waals surface area contributed by atoms with E-state index in [0.717, 1.165) is 17.8 Å². The van der Waals surface area contributed by atoms with E-state index in [1.807, 2.05) is 30.3 Å². The highest BCUT2D eigenvalue weighted by molar-refractivity contribution is 6.30. The first-order valence-corrected chi connectivity index (χ1v) is 7.69. The molecule has 0 unspecified atom stereocenters. The number of nitrogens with one attached hydrogen (secondary N) is 2. The van der Waals surface area contributed by atoms with Crippen LogP contribution in [0, 0.1) is 5.92 Å². The Kier molecular flexibility index (Phi) is 5.78. The van der Waals surface area contributed by atoms with Gasteiger partial charge in [0.1, 0.15) is 5.69 Å². The number of hydrogen-bond donors (Lipinski definition) is 2. The Morgan fingerprint density at radius 2 is 1.82 bits per heavy atom. The topological polar surface area (TPSA) is 54.0 Å². The summed E-state index contributed by atoms with van der Waals surface area (Å²) in [6.07, 6.45) is 2.61. The number of amides is 1. The highest BCUT2D eigenvalue weighted by Crippen LogP contribution is 2.18. The molecule has 2 N–H and O–H groups in total. The molecule has 0 fully saturated rings. The number of halogens is 1. The molecule has 2 rings (SSSR count). The van der Waals surface area contributed by atoms with Gasteiger partial charge < -0.3 is 10.6 Å². The number of carbonyl (C=O) groups excluding carboxylic acids is 1. The van der Waals surface area contributed by atoms with Gasteiger partial charge in [-0.3, -0.25) is 4.79 Å². The molecule has 22 heavy (non-hydrogen) atoms. The minimum Gasteiger partial charge on any atom is -0.354 e. The first-order valence-electron chi connectivity index (χ1n) is 7.31. The second kappa shape index (κ2) is 7.80. The van der Waals surface area contributed by atoms with Crippen molar-refractivity contribution < 1.29 is 4.79 Å². The number of pyridine rings is 1. The fourth-order valence-corrected chi connectivity index (χ4v) is 1.99. The molecular formula is C17H20ClN3O. The summed E-state index contributed by atoms with van der Waals surface area (Å²) in [4.78, 5) is 16.1. The molecule has 1 heterocycles. The zero-order valence-electron chi connectivity index (χ0n) is 12.8. The van der Waals surface area contributed by atoms with E-state index in [9.17, 15) is 4.79 Å². The van der Waals surface area contributed by atoms with E-state index in [4.69, 9.17) is 11.6 Å². The molecule has 116 valence electrons. The van der Waals surface area contributed by atoms with Crippen LogP contribution in [0.1, 0.15) is 30.8 Å². The summed E-state index contributed by atoms with van der Waals surface area (Å²) in [5.74, 6) is 0.429. The van der Waals surface area contributed by atoms with Crippen LogP contribution in [0.5, 0.6) is 0 Å². The Balaban J connectivity index is 1.92. The van der Waals surface area contributed by atoms with Gasteiger partial charge >= 0.3 is 0 Å². The van der Waals surface area contributed by atoms with Gasteiger partial charge in [0, 0.05) is 17.3 Å². The van der Waals surface area contributed by atoms with Crippen LogP contribution in [-0.2, 0) is 0 Å². The monoisotopic (exact) mass is 317 g/mol. The van der Waals surface area contributed by atoms with Crippen LogP contribution < -0.4 is 10.6 Å². The van der Waals surface area contributed by atoms with E-state index in [1.54, 1.807) is 12.3 Å². The SMILES string of the molecule is CC(C)CCNC(=O)c1ccc(Nc2ccc(Cl)cc2)cn1. The first-order chi connectivity index (χ1) is 10.5. The molecule has 0 aliphatic rings. The number of benzene rings is 1. The van der Waals surface area contributed by atoms with Gasteiger partial charge in [0.25, 0.3) is 5.91 Å². The van der Waals surface area contributed by atoms with E-state index in [0.29, 0.717) is 23.2 Å². The Bertz CT molecular complexity index is 609. The van der Waals surface area contributed by atoms with Gasteiger partial charge in [-0.2, -0.15) is 0 Å². The third-order valence-corrected chi connectivity index (χ3v) is 3.39. The zero-order valence-corrected chi connectivity index (χ0v) is 13.5. The molecule has 0 radical (unpaired) electrons. The van der Waals surface area contributed by atoms with Crippen molar-refractivity contribution in [3.05, 3.63) is 53.3 Å². The molecule has 5 heteroatoms. The standard InChI is InChI=1S/C17H20ClN3O/c1-12(2)9-10-19-17(22)16-8-7-15(11-20-16)21-14-5-3-13(18)4-6-14/h3-8,11-12,21H,9-10H2,1-2H3,(H,19,22). The number of rotatable bonds is 6. The molecule has 0 spiro atoms. The Morgan fingerprint density at radius 3 is 2.41 bits per heavy atom. The van der Waals surface area contributed by atoms with Crippen LogP contribution in [0.3, 0.4) is 0 Å². The van der Waals surface area contributed by atoms with Crippen LogP contribution >= 0.6 is 11.6 Å². The van der Waals surface area contributed by atoms with E-state index >= 15 is 0 Å². The summed E-state index contributed by atoms with van der Waals surface area (Å²) < 4.78 is 0. The predicted octanol–water partition coefficient (Wildman–Crippen LogP) is 4.25. The molecule has 1 aromatic carbocycles. The highest BCUT2D eigenvalue weighted by atomic mass is 35.5. The molecule has 0 aliphatic carbocycles. The molecule has 0 atom stereocenters. The molecule has 2 aromatic rings. The molecule has 0 saturated heterocycles. The molecular weight excluding hydrogens is 298 g/mol. The molecule has 0 bridgehead atoms. The van der Waals surface area contributed by atoms with Crippen molar-refractivity contribution in [1.82, 2.24) is 10.3 Å². The maximum Gasteiger partial charge on any atom is 0.269 e. The van der Waals surface area contributed by atoms with Crippen molar-refractivity contribution in [3.63, 3.8) is 0 Å². The number of anilines is 2. The first kappa shape index (κ1) is 16.3. The zero-order chi connectivity index (χ0) is 15.9. The van der Waals surface area contributed by atoms with E-state index < -0.39 is 0 Å². The van der Waals surface area contributed by atoms with Crippen molar-refractivity contribution in [2.45, 2.75) is 20.3 Å². The fourth-order valence-electron chi connectivity index (χ4n) is 1.87. The quantitative estimate of drug-likeness (QED) is 0.837. The van der Waals surface area contributed by atoms with Gasteiger partial charge in [0.05, 0.1) is 11.9 Å². The number of hydrogen-bond acceptors (Lipinski definition) is 3. The van der Waals surface area contributed by atoms with Crippen LogP contribution in [0.2, 0.25) is 5.02 Å². The second-order valence-corrected chi connectivity index (χ2v) is 5.94. The van der Waals surface area contributed by atoms with Crippen LogP contribution in [-0.4, -0.2) is 17.4 Å². The molecule has 0 aliphatic heterocycles. The molecule has 1 amide bonds. The minimum atomic E-state index is -0.140. The van der Waals surface area contributed by atoms with Crippen molar-refractivity contribution in [1.29, 1.82) is 0 Å². The third kappa shape index (κ3) is 5.04.